The van der Waals surface area contributed by atoms with E-state index in [4.69, 9.17) is 4.74 Å². The summed E-state index contributed by atoms with van der Waals surface area (Å²) in [6, 6.07) is 13.4. The van der Waals surface area contributed by atoms with E-state index in [-0.39, 0.29) is 18.2 Å². The summed E-state index contributed by atoms with van der Waals surface area (Å²) in [4.78, 5) is 40.9. The van der Waals surface area contributed by atoms with Crippen molar-refractivity contribution in [3.63, 3.8) is 0 Å². The van der Waals surface area contributed by atoms with Crippen LogP contribution in [0, 0.1) is 11.8 Å². The largest absolute Gasteiger partial charge is 0.489 e. The SMILES string of the molecule is CC(C)C1CCN(Cc2ccc(COc3cccc4c3CN(C3CCC(=O)NC3=O)C4=O)cc2)CC1. The van der Waals surface area contributed by atoms with Crippen molar-refractivity contribution in [2.24, 2.45) is 11.8 Å². The van der Waals surface area contributed by atoms with Crippen molar-refractivity contribution < 1.29 is 19.1 Å². The molecule has 3 amide bonds. The lowest BCUT2D eigenvalue weighted by Crippen LogP contribution is -2.52. The van der Waals surface area contributed by atoms with Crippen LogP contribution in [-0.2, 0) is 29.3 Å². The van der Waals surface area contributed by atoms with E-state index in [9.17, 15) is 14.4 Å². The number of rotatable bonds is 7. The molecule has 2 fully saturated rings. The van der Waals surface area contributed by atoms with Crippen LogP contribution >= 0.6 is 0 Å². The summed E-state index contributed by atoms with van der Waals surface area (Å²) in [5.74, 6) is 1.41. The molecule has 0 spiro atoms. The first-order valence-corrected chi connectivity index (χ1v) is 13.1. The molecule has 3 aliphatic rings. The summed E-state index contributed by atoms with van der Waals surface area (Å²) < 4.78 is 6.14. The molecule has 1 atom stereocenters. The van der Waals surface area contributed by atoms with Crippen LogP contribution in [0.5, 0.6) is 5.75 Å². The standard InChI is InChI=1S/C29H35N3O4/c1-19(2)22-12-14-31(15-13-22)16-20-6-8-21(9-7-20)18-36-26-5-3-4-23-24(26)17-32(29(23)35)25-10-11-27(33)30-28(25)34/h3-9,19,22,25H,10-18H2,1-2H3,(H,30,33,34). The normalized spacial score (nSPS) is 21.1. The molecule has 0 aromatic heterocycles. The average molecular weight is 490 g/mol. The summed E-state index contributed by atoms with van der Waals surface area (Å²) in [7, 11) is 0. The lowest BCUT2D eigenvalue weighted by molar-refractivity contribution is -0.136. The van der Waals surface area contributed by atoms with Gasteiger partial charge in [-0.15, -0.1) is 0 Å². The van der Waals surface area contributed by atoms with Crippen LogP contribution in [0.25, 0.3) is 0 Å². The molecule has 7 heteroatoms. The Kier molecular flexibility index (Phi) is 7.10. The second-order valence-corrected chi connectivity index (χ2v) is 10.6. The van der Waals surface area contributed by atoms with Gasteiger partial charge >= 0.3 is 0 Å². The maximum Gasteiger partial charge on any atom is 0.255 e. The van der Waals surface area contributed by atoms with Gasteiger partial charge in [-0.05, 0) is 67.4 Å². The lowest BCUT2D eigenvalue weighted by atomic mass is 9.86. The zero-order chi connectivity index (χ0) is 25.2. The van der Waals surface area contributed by atoms with Gasteiger partial charge in [0.2, 0.25) is 11.8 Å². The third kappa shape index (κ3) is 5.16. The quantitative estimate of drug-likeness (QED) is 0.597. The van der Waals surface area contributed by atoms with Crippen LogP contribution in [0.15, 0.2) is 42.5 Å². The van der Waals surface area contributed by atoms with Crippen molar-refractivity contribution in [1.82, 2.24) is 15.1 Å². The molecule has 36 heavy (non-hydrogen) atoms. The summed E-state index contributed by atoms with van der Waals surface area (Å²) in [6.45, 7) is 8.69. The smallest absolute Gasteiger partial charge is 0.255 e. The highest BCUT2D eigenvalue weighted by Gasteiger charge is 2.40. The fourth-order valence-electron chi connectivity index (χ4n) is 5.63. The highest BCUT2D eigenvalue weighted by molar-refractivity contribution is 6.05. The van der Waals surface area contributed by atoms with E-state index in [0.717, 1.165) is 29.5 Å². The number of likely N-dealkylation sites (tertiary alicyclic amines) is 1. The van der Waals surface area contributed by atoms with Gasteiger partial charge < -0.3 is 9.64 Å². The number of nitrogens with one attached hydrogen (secondary N) is 1. The molecule has 190 valence electrons. The van der Waals surface area contributed by atoms with E-state index in [1.165, 1.54) is 31.5 Å². The Morgan fingerprint density at radius 2 is 1.69 bits per heavy atom. The molecular formula is C29H35N3O4. The average Bonchev–Trinajstić information content (AvgIpc) is 3.21. The van der Waals surface area contributed by atoms with Crippen molar-refractivity contribution in [3.8, 4) is 5.75 Å². The molecule has 5 rings (SSSR count). The molecule has 0 radical (unpaired) electrons. The minimum atomic E-state index is -0.626. The summed E-state index contributed by atoms with van der Waals surface area (Å²) in [6.07, 6.45) is 3.16. The third-order valence-electron chi connectivity index (χ3n) is 7.94. The molecule has 7 nitrogen and oxygen atoms in total. The van der Waals surface area contributed by atoms with Crippen molar-refractivity contribution in [2.75, 3.05) is 13.1 Å². The zero-order valence-electron chi connectivity index (χ0n) is 21.2. The highest BCUT2D eigenvalue weighted by Crippen LogP contribution is 2.34. The predicted molar refractivity (Wildman–Crippen MR) is 136 cm³/mol. The minimum absolute atomic E-state index is 0.188. The molecule has 0 aliphatic carbocycles. The topological polar surface area (TPSA) is 79.0 Å². The first kappa shape index (κ1) is 24.5. The summed E-state index contributed by atoms with van der Waals surface area (Å²) in [5.41, 5.74) is 3.75. The van der Waals surface area contributed by atoms with Gasteiger partial charge in [0.25, 0.3) is 5.91 Å². The van der Waals surface area contributed by atoms with Gasteiger partial charge in [0.05, 0.1) is 6.54 Å². The van der Waals surface area contributed by atoms with Crippen LogP contribution in [0.3, 0.4) is 0 Å². The molecule has 2 aromatic rings. The number of nitrogens with zero attached hydrogens (tertiary/aromatic N) is 2. The first-order valence-electron chi connectivity index (χ1n) is 13.1. The molecule has 3 aliphatic heterocycles. The Balaban J connectivity index is 1.18. The Bertz CT molecular complexity index is 1140. The number of fused-ring (bicyclic) bond motifs is 1. The number of amides is 3. The van der Waals surface area contributed by atoms with Crippen LogP contribution in [0.4, 0.5) is 0 Å². The second-order valence-electron chi connectivity index (χ2n) is 10.6. The number of carbonyl (C=O) groups excluding carboxylic acids is 3. The fraction of sp³-hybridized carbons (Fsp3) is 0.483. The van der Waals surface area contributed by atoms with Gasteiger partial charge in [0, 0.05) is 24.1 Å². The van der Waals surface area contributed by atoms with E-state index in [1.54, 1.807) is 11.0 Å². The maximum atomic E-state index is 13.0. The van der Waals surface area contributed by atoms with Gasteiger partial charge in [0.1, 0.15) is 18.4 Å². The lowest BCUT2D eigenvalue weighted by Gasteiger charge is -2.33. The number of hydrogen-bond donors (Lipinski definition) is 1. The van der Waals surface area contributed by atoms with E-state index >= 15 is 0 Å². The van der Waals surface area contributed by atoms with Crippen molar-refractivity contribution in [3.05, 3.63) is 64.7 Å². The summed E-state index contributed by atoms with van der Waals surface area (Å²) >= 11 is 0. The molecule has 0 bridgehead atoms. The fourth-order valence-corrected chi connectivity index (χ4v) is 5.63. The zero-order valence-corrected chi connectivity index (χ0v) is 21.2. The van der Waals surface area contributed by atoms with Crippen molar-refractivity contribution in [2.45, 2.75) is 65.3 Å². The van der Waals surface area contributed by atoms with Gasteiger partial charge in [0.15, 0.2) is 0 Å². The molecule has 0 saturated carbocycles. The summed E-state index contributed by atoms with van der Waals surface area (Å²) in [5, 5.41) is 2.35. The minimum Gasteiger partial charge on any atom is -0.489 e. The van der Waals surface area contributed by atoms with Crippen LogP contribution in [-0.4, -0.2) is 46.7 Å². The number of piperidine rings is 2. The van der Waals surface area contributed by atoms with E-state index in [1.807, 2.05) is 12.1 Å². The molecule has 1 unspecified atom stereocenters. The monoisotopic (exact) mass is 489 g/mol. The van der Waals surface area contributed by atoms with E-state index in [0.29, 0.717) is 30.9 Å². The van der Waals surface area contributed by atoms with E-state index < -0.39 is 11.9 Å². The third-order valence-corrected chi connectivity index (χ3v) is 7.94. The Morgan fingerprint density at radius 3 is 2.39 bits per heavy atom. The second kappa shape index (κ2) is 10.4. The number of benzene rings is 2. The van der Waals surface area contributed by atoms with Crippen molar-refractivity contribution >= 4 is 17.7 Å². The Hall–Kier alpha value is -3.19. The van der Waals surface area contributed by atoms with Crippen LogP contribution < -0.4 is 10.1 Å². The van der Waals surface area contributed by atoms with Crippen molar-refractivity contribution in [1.29, 1.82) is 0 Å². The Morgan fingerprint density at radius 1 is 0.972 bits per heavy atom. The molecular weight excluding hydrogens is 454 g/mol. The predicted octanol–water partition coefficient (Wildman–Crippen LogP) is 3.89. The number of ether oxygens (including phenoxy) is 1. The number of imide groups is 1. The van der Waals surface area contributed by atoms with Gasteiger partial charge in [-0.1, -0.05) is 44.2 Å². The molecule has 2 aromatic carbocycles. The first-order chi connectivity index (χ1) is 17.4. The maximum absolute atomic E-state index is 13.0. The molecule has 2 saturated heterocycles. The van der Waals surface area contributed by atoms with Crippen LogP contribution in [0.1, 0.15) is 66.6 Å². The molecule has 1 N–H and O–H groups in total. The Labute approximate surface area is 212 Å². The molecule has 3 heterocycles. The van der Waals surface area contributed by atoms with Crippen LogP contribution in [0.2, 0.25) is 0 Å². The highest BCUT2D eigenvalue weighted by atomic mass is 16.5. The number of hydrogen-bond acceptors (Lipinski definition) is 5. The van der Waals surface area contributed by atoms with Gasteiger partial charge in [-0.25, -0.2) is 0 Å². The van der Waals surface area contributed by atoms with Gasteiger partial charge in [-0.2, -0.15) is 0 Å². The van der Waals surface area contributed by atoms with E-state index in [2.05, 4.69) is 48.3 Å². The van der Waals surface area contributed by atoms with Gasteiger partial charge in [-0.3, -0.25) is 24.6 Å². The number of carbonyl (C=O) groups is 3.